The van der Waals surface area contributed by atoms with Gasteiger partial charge in [0.15, 0.2) is 5.96 Å². The van der Waals surface area contributed by atoms with Gasteiger partial charge in [-0.15, -0.1) is 0 Å². The lowest BCUT2D eigenvalue weighted by Crippen LogP contribution is -2.42. The van der Waals surface area contributed by atoms with Crippen LogP contribution in [0.2, 0.25) is 0 Å². The summed E-state index contributed by atoms with van der Waals surface area (Å²) in [5.41, 5.74) is 2.59. The van der Waals surface area contributed by atoms with Crippen molar-refractivity contribution in [3.8, 4) is 0 Å². The van der Waals surface area contributed by atoms with E-state index in [-0.39, 0.29) is 17.2 Å². The second-order valence-corrected chi connectivity index (χ2v) is 7.39. The number of rotatable bonds is 8. The Morgan fingerprint density at radius 2 is 1.84 bits per heavy atom. The first-order valence-corrected chi connectivity index (χ1v) is 9.30. The van der Waals surface area contributed by atoms with Gasteiger partial charge < -0.3 is 16.0 Å². The normalized spacial score (nSPS) is 15.0. The van der Waals surface area contributed by atoms with Gasteiger partial charge in [0.2, 0.25) is 5.91 Å². The van der Waals surface area contributed by atoms with Crippen molar-refractivity contribution in [2.45, 2.75) is 46.0 Å². The number of aryl methyl sites for hydroxylation is 1. The molecular weight excluding hydrogens is 312 g/mol. The van der Waals surface area contributed by atoms with E-state index in [9.17, 15) is 4.79 Å². The van der Waals surface area contributed by atoms with Crippen LogP contribution in [0, 0.1) is 12.8 Å². The standard InChI is InChI=1S/C20H32N4O/c1-5-21-19(23-13-12-22-18(25)16-10-11-16)24-14-20(3,4)17-9-7-6-8-15(17)2/h6-9,16H,5,10-14H2,1-4H3,(H,22,25)(H2,21,23,24). The minimum Gasteiger partial charge on any atom is -0.357 e. The molecule has 0 atom stereocenters. The Balaban J connectivity index is 1.87. The molecule has 0 spiro atoms. The van der Waals surface area contributed by atoms with Crippen molar-refractivity contribution in [3.63, 3.8) is 0 Å². The fraction of sp³-hybridized carbons (Fsp3) is 0.600. The molecule has 0 radical (unpaired) electrons. The summed E-state index contributed by atoms with van der Waals surface area (Å²) in [6.45, 7) is 11.4. The molecule has 1 amide bonds. The highest BCUT2D eigenvalue weighted by molar-refractivity contribution is 5.81. The van der Waals surface area contributed by atoms with Gasteiger partial charge in [0.25, 0.3) is 0 Å². The zero-order chi connectivity index (χ0) is 18.3. The minimum absolute atomic E-state index is 0.0338. The summed E-state index contributed by atoms with van der Waals surface area (Å²) in [6.07, 6.45) is 2.08. The van der Waals surface area contributed by atoms with Gasteiger partial charge in [-0.05, 0) is 37.8 Å². The number of carbonyl (C=O) groups is 1. The molecule has 0 heterocycles. The van der Waals surface area contributed by atoms with Crippen molar-refractivity contribution in [1.29, 1.82) is 0 Å². The Kier molecular flexibility index (Phi) is 6.85. The minimum atomic E-state index is -0.0338. The summed E-state index contributed by atoms with van der Waals surface area (Å²) in [7, 11) is 0. The third kappa shape index (κ3) is 6.07. The molecule has 0 saturated heterocycles. The third-order valence-electron chi connectivity index (χ3n) is 4.52. The van der Waals surface area contributed by atoms with Crippen molar-refractivity contribution < 1.29 is 4.79 Å². The van der Waals surface area contributed by atoms with E-state index in [4.69, 9.17) is 4.99 Å². The van der Waals surface area contributed by atoms with Gasteiger partial charge in [0.1, 0.15) is 0 Å². The first kappa shape index (κ1) is 19.3. The number of guanidine groups is 1. The van der Waals surface area contributed by atoms with Gasteiger partial charge in [0, 0.05) is 31.0 Å². The van der Waals surface area contributed by atoms with E-state index in [1.165, 1.54) is 11.1 Å². The molecule has 1 fully saturated rings. The summed E-state index contributed by atoms with van der Waals surface area (Å²) in [5.74, 6) is 1.24. The number of aliphatic imine (C=N–C) groups is 1. The molecule has 1 saturated carbocycles. The molecule has 1 aromatic rings. The predicted octanol–water partition coefficient (Wildman–Crippen LogP) is 2.35. The van der Waals surface area contributed by atoms with Crippen LogP contribution in [0.15, 0.2) is 29.3 Å². The predicted molar refractivity (Wildman–Crippen MR) is 104 cm³/mol. The third-order valence-corrected chi connectivity index (χ3v) is 4.52. The average Bonchev–Trinajstić information content (AvgIpc) is 3.41. The smallest absolute Gasteiger partial charge is 0.223 e. The lowest BCUT2D eigenvalue weighted by atomic mass is 9.82. The fourth-order valence-corrected chi connectivity index (χ4v) is 2.89. The molecule has 1 aliphatic carbocycles. The highest BCUT2D eigenvalue weighted by atomic mass is 16.2. The Morgan fingerprint density at radius 3 is 2.48 bits per heavy atom. The lowest BCUT2D eigenvalue weighted by Gasteiger charge is -2.25. The van der Waals surface area contributed by atoms with E-state index in [2.05, 4.69) is 67.9 Å². The largest absolute Gasteiger partial charge is 0.357 e. The zero-order valence-corrected chi connectivity index (χ0v) is 16.0. The van der Waals surface area contributed by atoms with Crippen LogP contribution in [0.3, 0.4) is 0 Å². The number of carbonyl (C=O) groups excluding carboxylic acids is 1. The fourth-order valence-electron chi connectivity index (χ4n) is 2.89. The monoisotopic (exact) mass is 344 g/mol. The van der Waals surface area contributed by atoms with Crippen LogP contribution in [-0.2, 0) is 10.2 Å². The maximum Gasteiger partial charge on any atom is 0.223 e. The molecule has 1 aliphatic rings. The number of benzene rings is 1. The SMILES string of the molecule is CCNC(=NCC(C)(C)c1ccccc1C)NCCNC(=O)C1CC1. The van der Waals surface area contributed by atoms with E-state index >= 15 is 0 Å². The summed E-state index contributed by atoms with van der Waals surface area (Å²) < 4.78 is 0. The molecule has 0 aromatic heterocycles. The van der Waals surface area contributed by atoms with E-state index in [1.807, 2.05) is 0 Å². The second-order valence-electron chi connectivity index (χ2n) is 7.39. The van der Waals surface area contributed by atoms with Crippen LogP contribution < -0.4 is 16.0 Å². The van der Waals surface area contributed by atoms with Gasteiger partial charge in [-0.1, -0.05) is 38.1 Å². The molecule has 5 nitrogen and oxygen atoms in total. The van der Waals surface area contributed by atoms with E-state index in [0.29, 0.717) is 19.6 Å². The first-order valence-electron chi connectivity index (χ1n) is 9.30. The van der Waals surface area contributed by atoms with Crippen LogP contribution in [0.4, 0.5) is 0 Å². The second kappa shape index (κ2) is 8.88. The van der Waals surface area contributed by atoms with Crippen LogP contribution >= 0.6 is 0 Å². The number of nitrogens with one attached hydrogen (secondary N) is 3. The number of hydrogen-bond donors (Lipinski definition) is 3. The lowest BCUT2D eigenvalue weighted by molar-refractivity contribution is -0.122. The molecular formula is C20H32N4O. The van der Waals surface area contributed by atoms with Gasteiger partial charge in [-0.25, -0.2) is 0 Å². The Morgan fingerprint density at radius 1 is 1.16 bits per heavy atom. The van der Waals surface area contributed by atoms with Crippen LogP contribution in [-0.4, -0.2) is 38.0 Å². The van der Waals surface area contributed by atoms with Crippen molar-refractivity contribution >= 4 is 11.9 Å². The molecule has 25 heavy (non-hydrogen) atoms. The highest BCUT2D eigenvalue weighted by Crippen LogP contribution is 2.28. The van der Waals surface area contributed by atoms with Crippen molar-refractivity contribution in [2.75, 3.05) is 26.2 Å². The zero-order valence-electron chi connectivity index (χ0n) is 16.0. The molecule has 138 valence electrons. The maximum atomic E-state index is 11.6. The van der Waals surface area contributed by atoms with Crippen molar-refractivity contribution in [2.24, 2.45) is 10.9 Å². The Hall–Kier alpha value is -2.04. The van der Waals surface area contributed by atoms with Gasteiger partial charge >= 0.3 is 0 Å². The Bertz CT molecular complexity index is 605. The quantitative estimate of drug-likeness (QED) is 0.385. The van der Waals surface area contributed by atoms with E-state index in [0.717, 1.165) is 25.3 Å². The maximum absolute atomic E-state index is 11.6. The summed E-state index contributed by atoms with van der Waals surface area (Å²) in [4.78, 5) is 16.4. The Labute approximate surface area is 151 Å². The molecule has 3 N–H and O–H groups in total. The number of amides is 1. The van der Waals surface area contributed by atoms with Gasteiger partial charge in [-0.3, -0.25) is 9.79 Å². The van der Waals surface area contributed by atoms with E-state index < -0.39 is 0 Å². The first-order chi connectivity index (χ1) is 11.9. The molecule has 5 heteroatoms. The van der Waals surface area contributed by atoms with E-state index in [1.54, 1.807) is 0 Å². The van der Waals surface area contributed by atoms with Crippen LogP contribution in [0.25, 0.3) is 0 Å². The van der Waals surface area contributed by atoms with Gasteiger partial charge in [0.05, 0.1) is 6.54 Å². The number of nitrogens with zero attached hydrogens (tertiary/aromatic N) is 1. The summed E-state index contributed by atoms with van der Waals surface area (Å²) in [6, 6.07) is 8.48. The summed E-state index contributed by atoms with van der Waals surface area (Å²) >= 11 is 0. The molecule has 0 unspecified atom stereocenters. The molecule has 0 aliphatic heterocycles. The molecule has 1 aromatic carbocycles. The van der Waals surface area contributed by atoms with Crippen molar-refractivity contribution in [1.82, 2.24) is 16.0 Å². The average molecular weight is 345 g/mol. The topological polar surface area (TPSA) is 65.5 Å². The molecule has 0 bridgehead atoms. The van der Waals surface area contributed by atoms with Gasteiger partial charge in [-0.2, -0.15) is 0 Å². The van der Waals surface area contributed by atoms with Crippen LogP contribution in [0.5, 0.6) is 0 Å². The van der Waals surface area contributed by atoms with Crippen molar-refractivity contribution in [3.05, 3.63) is 35.4 Å². The molecule has 2 rings (SSSR count). The van der Waals surface area contributed by atoms with Crippen LogP contribution in [0.1, 0.15) is 44.7 Å². The number of hydrogen-bond acceptors (Lipinski definition) is 2. The highest BCUT2D eigenvalue weighted by Gasteiger charge is 2.29. The summed E-state index contributed by atoms with van der Waals surface area (Å²) in [5, 5.41) is 9.53.